The number of ether oxygens (including phenoxy) is 1. The number of carbonyl (C=O) groups excluding carboxylic acids is 1. The molecule has 0 unspecified atom stereocenters. The molecule has 0 fully saturated rings. The second-order valence-corrected chi connectivity index (χ2v) is 11.9. The zero-order valence-corrected chi connectivity index (χ0v) is 23.3. The van der Waals surface area contributed by atoms with Gasteiger partial charge in [0.25, 0.3) is 0 Å². The molecule has 0 aliphatic carbocycles. The van der Waals surface area contributed by atoms with E-state index in [1.165, 1.54) is 33.5 Å². The molecule has 0 radical (unpaired) electrons. The first-order valence-corrected chi connectivity index (χ1v) is 14.2. The molecule has 2 N–H and O–H groups in total. The van der Waals surface area contributed by atoms with Crippen molar-refractivity contribution in [1.29, 1.82) is 0 Å². The van der Waals surface area contributed by atoms with Gasteiger partial charge in [-0.1, -0.05) is 37.3 Å². The van der Waals surface area contributed by atoms with Crippen molar-refractivity contribution in [2.75, 3.05) is 32.1 Å². The maximum Gasteiger partial charge on any atom is 0.321 e. The Bertz CT molecular complexity index is 1430. The zero-order valence-electron chi connectivity index (χ0n) is 22.5. The second kappa shape index (κ2) is 11.7. The van der Waals surface area contributed by atoms with Crippen LogP contribution in [0.4, 0.5) is 14.9 Å². The topological polar surface area (TPSA) is 99.2 Å². The number of sulfonamides is 1. The molecule has 4 rings (SSSR count). The van der Waals surface area contributed by atoms with Gasteiger partial charge >= 0.3 is 6.03 Å². The molecular weight excluding hydrogens is 521 g/mol. The summed E-state index contributed by atoms with van der Waals surface area (Å²) in [5.74, 6) is -0.543. The van der Waals surface area contributed by atoms with E-state index in [1.54, 1.807) is 32.2 Å². The van der Waals surface area contributed by atoms with Gasteiger partial charge in [-0.15, -0.1) is 0 Å². The Balaban J connectivity index is 1.69. The van der Waals surface area contributed by atoms with Crippen molar-refractivity contribution < 1.29 is 27.4 Å². The lowest BCUT2D eigenvalue weighted by Crippen LogP contribution is -2.50. The third-order valence-corrected chi connectivity index (χ3v) is 9.04. The van der Waals surface area contributed by atoms with Gasteiger partial charge in [0.05, 0.1) is 13.2 Å². The number of hydrogen-bond donors (Lipinski definition) is 2. The highest BCUT2D eigenvalue weighted by Crippen LogP contribution is 2.37. The Hall–Kier alpha value is -3.47. The molecule has 3 aromatic rings. The minimum atomic E-state index is -3.98. The molecule has 1 aliphatic heterocycles. The van der Waals surface area contributed by atoms with Crippen molar-refractivity contribution >= 4 is 21.7 Å². The van der Waals surface area contributed by atoms with Gasteiger partial charge in [-0.25, -0.2) is 17.6 Å². The van der Waals surface area contributed by atoms with Gasteiger partial charge in [-0.05, 0) is 66.9 Å². The number of carbonyl (C=O) groups is 1. The number of anilines is 1. The van der Waals surface area contributed by atoms with E-state index in [4.69, 9.17) is 4.74 Å². The van der Waals surface area contributed by atoms with E-state index < -0.39 is 34.0 Å². The Labute approximate surface area is 229 Å². The molecule has 2 amide bonds. The summed E-state index contributed by atoms with van der Waals surface area (Å²) in [5.41, 5.74) is 3.23. The summed E-state index contributed by atoms with van der Waals surface area (Å²) in [6.07, 6.45) is -0.566. The molecule has 0 bridgehead atoms. The number of nitrogens with one attached hydrogen (secondary N) is 1. The number of aryl methyl sites for hydroxylation is 1. The maximum absolute atomic E-state index is 13.7. The fourth-order valence-corrected chi connectivity index (χ4v) is 6.44. The van der Waals surface area contributed by atoms with E-state index in [0.717, 1.165) is 16.7 Å². The van der Waals surface area contributed by atoms with Crippen LogP contribution in [0.15, 0.2) is 71.6 Å². The number of halogens is 1. The fourth-order valence-electron chi connectivity index (χ4n) is 4.61. The van der Waals surface area contributed by atoms with E-state index in [1.807, 2.05) is 38.1 Å². The molecule has 0 saturated carbocycles. The minimum Gasteiger partial charge on any atom is -0.487 e. The molecule has 0 aromatic heterocycles. The number of hydrogen-bond acceptors (Lipinski definition) is 5. The predicted molar refractivity (Wildman–Crippen MR) is 149 cm³/mol. The van der Waals surface area contributed by atoms with Crippen LogP contribution in [-0.2, 0) is 10.0 Å². The number of likely N-dealkylation sites (N-methyl/N-ethyl adjacent to an activating group) is 1. The average molecular weight is 556 g/mol. The Morgan fingerprint density at radius 1 is 1.18 bits per heavy atom. The summed E-state index contributed by atoms with van der Waals surface area (Å²) >= 11 is 0. The highest BCUT2D eigenvalue weighted by Gasteiger charge is 2.38. The number of fused-ring (bicyclic) bond motifs is 1. The predicted octanol–water partition coefficient (Wildman–Crippen LogP) is 4.73. The van der Waals surface area contributed by atoms with Crippen LogP contribution in [0.3, 0.4) is 0 Å². The molecule has 0 spiro atoms. The quantitative estimate of drug-likeness (QED) is 0.458. The molecular formula is C29H34FN3O5S. The molecule has 10 heteroatoms. The SMILES string of the molecule is Cc1ccccc1-c1ccc2c(c1)O[C@H](CN(C)C(=O)Nc1ccc(F)cc1)[C@H](C)CN([C@H](C)CO)S2(=O)=O. The van der Waals surface area contributed by atoms with Crippen LogP contribution in [0.5, 0.6) is 5.75 Å². The second-order valence-electron chi connectivity index (χ2n) is 10.0. The molecule has 208 valence electrons. The van der Waals surface area contributed by atoms with Gasteiger partial charge in [0.2, 0.25) is 10.0 Å². The van der Waals surface area contributed by atoms with Crippen molar-refractivity contribution in [1.82, 2.24) is 9.21 Å². The third-order valence-electron chi connectivity index (χ3n) is 7.02. The standard InChI is InChI=1S/C29H34FN3O5S/c1-19-7-5-6-8-25(19)22-9-14-28-26(15-22)38-27(20(2)16-33(21(3)18-34)39(28,36)37)17-32(4)29(35)31-24-12-10-23(30)11-13-24/h5-15,20-21,27,34H,16-18H2,1-4H3,(H,31,35)/t20-,21-,27-/m1/s1. The summed E-state index contributed by atoms with van der Waals surface area (Å²) in [5, 5.41) is 12.6. The molecule has 1 heterocycles. The molecule has 3 aromatic carbocycles. The first-order valence-electron chi connectivity index (χ1n) is 12.8. The van der Waals surface area contributed by atoms with E-state index in [2.05, 4.69) is 5.32 Å². The minimum absolute atomic E-state index is 0.00968. The normalized spacial score (nSPS) is 19.6. The summed E-state index contributed by atoms with van der Waals surface area (Å²) < 4.78 is 48.4. The lowest BCUT2D eigenvalue weighted by Gasteiger charge is -2.37. The number of urea groups is 1. The van der Waals surface area contributed by atoms with Crippen molar-refractivity contribution in [3.8, 4) is 16.9 Å². The number of aliphatic hydroxyl groups excluding tert-OH is 1. The summed E-state index contributed by atoms with van der Waals surface area (Å²) in [6, 6.07) is 17.2. The molecule has 0 saturated heterocycles. The van der Waals surface area contributed by atoms with Gasteiger partial charge in [0, 0.05) is 31.2 Å². The van der Waals surface area contributed by atoms with Crippen molar-refractivity contribution in [2.24, 2.45) is 5.92 Å². The number of rotatable bonds is 6. The van der Waals surface area contributed by atoms with E-state index in [9.17, 15) is 22.7 Å². The molecule has 39 heavy (non-hydrogen) atoms. The van der Waals surface area contributed by atoms with E-state index in [-0.39, 0.29) is 36.3 Å². The van der Waals surface area contributed by atoms with Crippen LogP contribution in [-0.4, -0.2) is 67.7 Å². The van der Waals surface area contributed by atoms with Gasteiger partial charge in [-0.3, -0.25) is 0 Å². The smallest absolute Gasteiger partial charge is 0.321 e. The molecule has 8 nitrogen and oxygen atoms in total. The van der Waals surface area contributed by atoms with Gasteiger partial charge in [0.1, 0.15) is 22.6 Å². The van der Waals surface area contributed by atoms with Crippen LogP contribution < -0.4 is 10.1 Å². The Morgan fingerprint density at radius 2 is 1.87 bits per heavy atom. The number of aliphatic hydroxyl groups is 1. The maximum atomic E-state index is 13.7. The highest BCUT2D eigenvalue weighted by atomic mass is 32.2. The van der Waals surface area contributed by atoms with Crippen LogP contribution in [0.1, 0.15) is 19.4 Å². The van der Waals surface area contributed by atoms with Crippen LogP contribution >= 0.6 is 0 Å². The van der Waals surface area contributed by atoms with Crippen molar-refractivity contribution in [3.05, 3.63) is 78.1 Å². The fraction of sp³-hybridized carbons (Fsp3) is 0.345. The molecule has 1 aliphatic rings. The van der Waals surface area contributed by atoms with Crippen molar-refractivity contribution in [2.45, 2.75) is 37.8 Å². The Kier molecular flexibility index (Phi) is 8.58. The largest absolute Gasteiger partial charge is 0.487 e. The van der Waals surface area contributed by atoms with Gasteiger partial charge in [0.15, 0.2) is 0 Å². The summed E-state index contributed by atoms with van der Waals surface area (Å²) in [6.45, 7) is 5.41. The number of amides is 2. The van der Waals surface area contributed by atoms with Gasteiger partial charge in [-0.2, -0.15) is 4.31 Å². The zero-order chi connectivity index (χ0) is 28.3. The monoisotopic (exact) mass is 555 g/mol. The van der Waals surface area contributed by atoms with Crippen LogP contribution in [0.25, 0.3) is 11.1 Å². The third kappa shape index (κ3) is 6.24. The van der Waals surface area contributed by atoms with Crippen LogP contribution in [0, 0.1) is 18.7 Å². The summed E-state index contributed by atoms with van der Waals surface area (Å²) in [4.78, 5) is 14.4. The van der Waals surface area contributed by atoms with E-state index >= 15 is 0 Å². The van der Waals surface area contributed by atoms with Gasteiger partial charge < -0.3 is 20.1 Å². The van der Waals surface area contributed by atoms with Crippen molar-refractivity contribution in [3.63, 3.8) is 0 Å². The number of nitrogens with zero attached hydrogens (tertiary/aromatic N) is 2. The summed E-state index contributed by atoms with van der Waals surface area (Å²) in [7, 11) is -2.37. The first kappa shape index (κ1) is 28.5. The average Bonchev–Trinajstić information content (AvgIpc) is 2.91. The number of benzene rings is 3. The highest BCUT2D eigenvalue weighted by molar-refractivity contribution is 7.89. The lowest BCUT2D eigenvalue weighted by atomic mass is 10.00. The first-order chi connectivity index (χ1) is 18.5. The lowest BCUT2D eigenvalue weighted by molar-refractivity contribution is 0.0830. The van der Waals surface area contributed by atoms with Crippen LogP contribution in [0.2, 0.25) is 0 Å². The van der Waals surface area contributed by atoms with E-state index in [0.29, 0.717) is 5.69 Å². The molecule has 3 atom stereocenters. The Morgan fingerprint density at radius 3 is 2.54 bits per heavy atom.